The van der Waals surface area contributed by atoms with E-state index in [2.05, 4.69) is 57.2 Å². The molecule has 0 aromatic heterocycles. The van der Waals surface area contributed by atoms with Gasteiger partial charge in [-0.25, -0.2) is 4.79 Å². The minimum absolute atomic E-state index is 0.0651. The average molecular weight is 1120 g/mol. The molecule has 6 unspecified atom stereocenters. The third-order valence-corrected chi connectivity index (χ3v) is 15.2. The van der Waals surface area contributed by atoms with Gasteiger partial charge in [0.2, 0.25) is 0 Å². The molecule has 0 radical (unpaired) electrons. The SMILES string of the molecule is CCCCC/C=C\C/C=C\CCCCCCCCCCCC(=O)OCC(COC1OC(C(=O)O)C(O)C(O)C1OC(=O)CCCCCCCCCCCCCCC)OC(=O)CCCCCCCCC/C=C\CCCCCCCC. The van der Waals surface area contributed by atoms with Crippen LogP contribution in [0.1, 0.15) is 316 Å². The fourth-order valence-corrected chi connectivity index (χ4v) is 10.1. The Balaban J connectivity index is 2.64. The molecule has 0 aromatic carbocycles. The minimum Gasteiger partial charge on any atom is -0.479 e. The number of aliphatic carboxylic acids is 1. The molecule has 0 saturated carbocycles. The molecule has 6 atom stereocenters. The van der Waals surface area contributed by atoms with E-state index >= 15 is 0 Å². The topological polar surface area (TPSA) is 175 Å². The normalized spacial score (nSPS) is 18.0. The molecule has 1 fully saturated rings. The van der Waals surface area contributed by atoms with Crippen LogP contribution in [0.4, 0.5) is 0 Å². The first kappa shape index (κ1) is 74.0. The number of ether oxygens (including phenoxy) is 5. The van der Waals surface area contributed by atoms with Crippen molar-refractivity contribution in [1.82, 2.24) is 0 Å². The number of carbonyl (C=O) groups is 4. The fourth-order valence-electron chi connectivity index (χ4n) is 10.1. The summed E-state index contributed by atoms with van der Waals surface area (Å²) in [7, 11) is 0. The Bertz CT molecular complexity index is 1510. The monoisotopic (exact) mass is 1120 g/mol. The Hall–Kier alpha value is -3.06. The van der Waals surface area contributed by atoms with Crippen LogP contribution in [-0.4, -0.2) is 89.2 Å². The zero-order valence-electron chi connectivity index (χ0n) is 50.9. The molecule has 0 spiro atoms. The van der Waals surface area contributed by atoms with Crippen LogP contribution in [0, 0.1) is 0 Å². The van der Waals surface area contributed by atoms with E-state index in [4.69, 9.17) is 23.7 Å². The Morgan fingerprint density at radius 1 is 0.418 bits per heavy atom. The second-order valence-electron chi connectivity index (χ2n) is 22.8. The van der Waals surface area contributed by atoms with Crippen LogP contribution in [-0.2, 0) is 42.9 Å². The van der Waals surface area contributed by atoms with E-state index < -0.39 is 67.3 Å². The number of aliphatic hydroxyl groups is 2. The van der Waals surface area contributed by atoms with Gasteiger partial charge in [0.25, 0.3) is 0 Å². The molecule has 79 heavy (non-hydrogen) atoms. The minimum atomic E-state index is -1.90. The van der Waals surface area contributed by atoms with E-state index in [1.54, 1.807) is 0 Å². The van der Waals surface area contributed by atoms with Crippen molar-refractivity contribution < 1.29 is 58.2 Å². The van der Waals surface area contributed by atoms with Crippen LogP contribution in [0.25, 0.3) is 0 Å². The van der Waals surface area contributed by atoms with Crippen LogP contribution < -0.4 is 0 Å². The number of carbonyl (C=O) groups excluding carboxylic acids is 3. The van der Waals surface area contributed by atoms with Gasteiger partial charge in [-0.2, -0.15) is 0 Å². The van der Waals surface area contributed by atoms with E-state index in [1.165, 1.54) is 167 Å². The predicted molar refractivity (Wildman–Crippen MR) is 322 cm³/mol. The molecule has 1 aliphatic heterocycles. The summed E-state index contributed by atoms with van der Waals surface area (Å²) in [5.74, 6) is -3.10. The molecule has 12 nitrogen and oxygen atoms in total. The summed E-state index contributed by atoms with van der Waals surface area (Å²) >= 11 is 0. The van der Waals surface area contributed by atoms with Crippen molar-refractivity contribution in [1.29, 1.82) is 0 Å². The number of unbranched alkanes of at least 4 members (excludes halogenated alkanes) is 37. The van der Waals surface area contributed by atoms with E-state index in [1.807, 2.05) is 0 Å². The second kappa shape index (κ2) is 55.5. The lowest BCUT2D eigenvalue weighted by Crippen LogP contribution is -2.61. The third kappa shape index (κ3) is 45.2. The Labute approximate surface area is 482 Å². The average Bonchev–Trinajstić information content (AvgIpc) is 3.44. The molecule has 12 heteroatoms. The molecule has 3 N–H and O–H groups in total. The van der Waals surface area contributed by atoms with E-state index in [0.29, 0.717) is 19.3 Å². The lowest BCUT2D eigenvalue weighted by atomic mass is 9.98. The zero-order valence-corrected chi connectivity index (χ0v) is 50.9. The van der Waals surface area contributed by atoms with Gasteiger partial charge in [0.1, 0.15) is 18.8 Å². The molecule has 1 rings (SSSR count). The Morgan fingerprint density at radius 2 is 0.759 bits per heavy atom. The highest BCUT2D eigenvalue weighted by Crippen LogP contribution is 2.27. The van der Waals surface area contributed by atoms with Gasteiger partial charge >= 0.3 is 23.9 Å². The lowest BCUT2D eigenvalue weighted by Gasteiger charge is -2.40. The van der Waals surface area contributed by atoms with E-state index in [0.717, 1.165) is 89.9 Å². The van der Waals surface area contributed by atoms with Gasteiger partial charge < -0.3 is 39.0 Å². The molecule has 0 aliphatic carbocycles. The number of esters is 3. The van der Waals surface area contributed by atoms with Gasteiger partial charge in [-0.15, -0.1) is 0 Å². The maximum Gasteiger partial charge on any atom is 0.335 e. The highest BCUT2D eigenvalue weighted by molar-refractivity contribution is 5.74. The molecule has 1 aliphatic rings. The summed E-state index contributed by atoms with van der Waals surface area (Å²) in [5, 5.41) is 31.6. The first-order valence-corrected chi connectivity index (χ1v) is 33.0. The fraction of sp³-hybridized carbons (Fsp3) is 0.851. The van der Waals surface area contributed by atoms with Crippen LogP contribution in [0.2, 0.25) is 0 Å². The highest BCUT2D eigenvalue weighted by atomic mass is 16.7. The largest absolute Gasteiger partial charge is 0.479 e. The van der Waals surface area contributed by atoms with Gasteiger partial charge in [0.15, 0.2) is 24.6 Å². The maximum absolute atomic E-state index is 13.2. The first-order valence-electron chi connectivity index (χ1n) is 33.0. The molecular weight excluding hydrogens is 997 g/mol. The molecule has 460 valence electrons. The number of rotatable bonds is 57. The summed E-state index contributed by atoms with van der Waals surface area (Å²) in [6.45, 7) is 6.00. The van der Waals surface area contributed by atoms with E-state index in [9.17, 15) is 34.5 Å². The molecule has 1 heterocycles. The summed E-state index contributed by atoms with van der Waals surface area (Å²) in [6.07, 6.45) is 53.9. The predicted octanol–water partition coefficient (Wildman–Crippen LogP) is 17.6. The molecule has 1 saturated heterocycles. The number of aliphatic hydroxyl groups excluding tert-OH is 2. The Kier molecular flexibility index (Phi) is 51.9. The quantitative estimate of drug-likeness (QED) is 0.0228. The number of hydrogen-bond donors (Lipinski definition) is 3. The van der Waals surface area contributed by atoms with Gasteiger partial charge in [-0.05, 0) is 77.0 Å². The van der Waals surface area contributed by atoms with Gasteiger partial charge in [-0.1, -0.05) is 256 Å². The van der Waals surface area contributed by atoms with Crippen molar-refractivity contribution >= 4 is 23.9 Å². The molecule has 0 bridgehead atoms. The number of allylic oxidation sites excluding steroid dienone is 6. The van der Waals surface area contributed by atoms with Crippen molar-refractivity contribution in [3.05, 3.63) is 36.5 Å². The summed E-state index contributed by atoms with van der Waals surface area (Å²) in [6, 6.07) is 0. The summed E-state index contributed by atoms with van der Waals surface area (Å²) in [5.41, 5.74) is 0. The van der Waals surface area contributed by atoms with Crippen LogP contribution in [0.3, 0.4) is 0 Å². The number of carboxylic acid groups (broad SMARTS) is 1. The van der Waals surface area contributed by atoms with Crippen molar-refractivity contribution in [3.63, 3.8) is 0 Å². The van der Waals surface area contributed by atoms with Crippen molar-refractivity contribution in [3.8, 4) is 0 Å². The van der Waals surface area contributed by atoms with Crippen LogP contribution in [0.15, 0.2) is 36.5 Å². The summed E-state index contributed by atoms with van der Waals surface area (Å²) < 4.78 is 28.5. The second-order valence-corrected chi connectivity index (χ2v) is 22.8. The standard InChI is InChI=1S/C67H120O12/c1-4-7-10-13-16-19-22-25-27-29-30-32-33-36-38-41-44-47-50-53-59(68)75-56-58(77-60(69)54-51-48-45-42-40-37-34-31-28-26-23-20-17-14-11-8-5-2)57-76-67-65(63(72)62(71)64(79-67)66(73)74)78-61(70)55-52-49-46-43-39-35-24-21-18-15-12-9-6-3/h16,19,25-28,58,62-65,67,71-72H,4-15,17-18,20-24,29-57H2,1-3H3,(H,73,74)/b19-16-,27-25-,28-26-. The van der Waals surface area contributed by atoms with Crippen molar-refractivity contribution in [2.45, 2.75) is 353 Å². The van der Waals surface area contributed by atoms with Gasteiger partial charge in [0, 0.05) is 19.3 Å². The zero-order chi connectivity index (χ0) is 57.5. The van der Waals surface area contributed by atoms with Crippen molar-refractivity contribution in [2.75, 3.05) is 13.2 Å². The Morgan fingerprint density at radius 3 is 1.18 bits per heavy atom. The number of hydrogen-bond acceptors (Lipinski definition) is 11. The van der Waals surface area contributed by atoms with E-state index in [-0.39, 0.29) is 25.9 Å². The van der Waals surface area contributed by atoms with Gasteiger partial charge in [0.05, 0.1) is 6.61 Å². The summed E-state index contributed by atoms with van der Waals surface area (Å²) in [4.78, 5) is 51.3. The van der Waals surface area contributed by atoms with Crippen LogP contribution in [0.5, 0.6) is 0 Å². The van der Waals surface area contributed by atoms with Crippen LogP contribution >= 0.6 is 0 Å². The highest BCUT2D eigenvalue weighted by Gasteiger charge is 2.50. The molecular formula is C67H120O12. The molecule has 0 aromatic rings. The van der Waals surface area contributed by atoms with Crippen molar-refractivity contribution in [2.24, 2.45) is 0 Å². The first-order chi connectivity index (χ1) is 38.6. The third-order valence-electron chi connectivity index (χ3n) is 15.2. The molecule has 0 amide bonds. The van der Waals surface area contributed by atoms with Gasteiger partial charge in [-0.3, -0.25) is 14.4 Å². The number of carboxylic acids is 1. The lowest BCUT2D eigenvalue weighted by molar-refractivity contribution is -0.301. The maximum atomic E-state index is 13.2. The smallest absolute Gasteiger partial charge is 0.335 e.